The van der Waals surface area contributed by atoms with E-state index in [2.05, 4.69) is 0 Å². The van der Waals surface area contributed by atoms with E-state index in [9.17, 15) is 19.2 Å². The van der Waals surface area contributed by atoms with E-state index in [1.807, 2.05) is 26.8 Å². The number of hydrogen-bond donors (Lipinski definition) is 0. The molecule has 0 aromatic heterocycles. The largest absolute Gasteiger partial charge is 0.457 e. The lowest BCUT2D eigenvalue weighted by molar-refractivity contribution is 0.0468. The number of carbonyl (C=O) groups is 4. The number of benzene rings is 2. The molecule has 7 nitrogen and oxygen atoms in total. The Balaban J connectivity index is 1.51. The molecule has 0 spiro atoms. The average Bonchev–Trinajstić information content (AvgIpc) is 3.35. The topological polar surface area (TPSA) is 90.0 Å². The molecule has 2 aliphatic rings. The van der Waals surface area contributed by atoms with Crippen molar-refractivity contribution in [2.45, 2.75) is 53.2 Å². The van der Waals surface area contributed by atoms with Crippen molar-refractivity contribution in [3.05, 3.63) is 68.8 Å². The van der Waals surface area contributed by atoms with Crippen LogP contribution in [0.5, 0.6) is 0 Å². The minimum Gasteiger partial charge on any atom is -0.457 e. The van der Waals surface area contributed by atoms with Gasteiger partial charge in [0.1, 0.15) is 6.61 Å². The van der Waals surface area contributed by atoms with Crippen LogP contribution in [0, 0.1) is 20.8 Å². The van der Waals surface area contributed by atoms with Crippen LogP contribution < -0.4 is 0 Å². The highest BCUT2D eigenvalue weighted by molar-refractivity contribution is 6.22. The summed E-state index contributed by atoms with van der Waals surface area (Å²) in [6, 6.07) is 6.33. The number of nitrogens with zero attached hydrogens (tertiary/aromatic N) is 1. The molecule has 33 heavy (non-hydrogen) atoms. The van der Waals surface area contributed by atoms with Gasteiger partial charge in [-0.2, -0.15) is 0 Å². The summed E-state index contributed by atoms with van der Waals surface area (Å²) in [5, 5.41) is 0. The lowest BCUT2D eigenvalue weighted by Crippen LogP contribution is -2.36. The van der Waals surface area contributed by atoms with Crippen LogP contribution in [0.2, 0.25) is 0 Å². The van der Waals surface area contributed by atoms with Gasteiger partial charge >= 0.3 is 5.97 Å². The van der Waals surface area contributed by atoms with E-state index in [0.29, 0.717) is 12.2 Å². The molecule has 4 rings (SSSR count). The number of hydrogen-bond acceptors (Lipinski definition) is 6. The van der Waals surface area contributed by atoms with Gasteiger partial charge < -0.3 is 9.47 Å². The standard InChI is InChI=1S/C26H27NO6/c1-14-10-15(2)23(17(4)28)16(3)22(14)13-33-26(31)18-7-8-20-21(11-18)25(30)27(24(20)29)12-19-6-5-9-32-19/h7-8,10-11,19H,5-6,9,12-13H2,1-4H3. The molecule has 2 aromatic rings. The number of esters is 1. The average molecular weight is 450 g/mol. The van der Waals surface area contributed by atoms with Gasteiger partial charge in [-0.05, 0) is 81.0 Å². The van der Waals surface area contributed by atoms with Crippen molar-refractivity contribution in [1.29, 1.82) is 0 Å². The second kappa shape index (κ2) is 8.90. The fourth-order valence-corrected chi connectivity index (χ4v) is 4.79. The summed E-state index contributed by atoms with van der Waals surface area (Å²) >= 11 is 0. The van der Waals surface area contributed by atoms with E-state index >= 15 is 0 Å². The quantitative estimate of drug-likeness (QED) is 0.377. The number of Topliss-reactive ketones (excluding diaryl/α,β-unsaturated/α-hetero) is 1. The van der Waals surface area contributed by atoms with Crippen LogP contribution in [0.1, 0.15) is 83.5 Å². The van der Waals surface area contributed by atoms with Crippen molar-refractivity contribution in [3.8, 4) is 0 Å². The first-order valence-electron chi connectivity index (χ1n) is 11.1. The Morgan fingerprint density at radius 2 is 1.79 bits per heavy atom. The molecule has 2 amide bonds. The third kappa shape index (κ3) is 4.20. The molecule has 2 aliphatic heterocycles. The van der Waals surface area contributed by atoms with Gasteiger partial charge in [0.25, 0.3) is 11.8 Å². The third-order valence-corrected chi connectivity index (χ3v) is 6.45. The Kier molecular flexibility index (Phi) is 6.17. The van der Waals surface area contributed by atoms with Gasteiger partial charge in [0.05, 0.1) is 29.3 Å². The first-order chi connectivity index (χ1) is 15.7. The summed E-state index contributed by atoms with van der Waals surface area (Å²) in [6.07, 6.45) is 1.59. The summed E-state index contributed by atoms with van der Waals surface area (Å²) in [5.41, 5.74) is 4.73. The number of imide groups is 1. The molecule has 1 saturated heterocycles. The minimum absolute atomic E-state index is 0.00612. The van der Waals surface area contributed by atoms with Crippen molar-refractivity contribution in [2.24, 2.45) is 0 Å². The molecule has 0 radical (unpaired) electrons. The summed E-state index contributed by atoms with van der Waals surface area (Å²) in [4.78, 5) is 51.5. The maximum Gasteiger partial charge on any atom is 0.338 e. The molecule has 0 saturated carbocycles. The second-order valence-corrected chi connectivity index (χ2v) is 8.74. The molecule has 172 valence electrons. The second-order valence-electron chi connectivity index (χ2n) is 8.74. The predicted molar refractivity (Wildman–Crippen MR) is 121 cm³/mol. The van der Waals surface area contributed by atoms with Gasteiger partial charge in [-0.3, -0.25) is 19.3 Å². The first kappa shape index (κ1) is 22.9. The lowest BCUT2D eigenvalue weighted by atomic mass is 9.92. The van der Waals surface area contributed by atoms with Crippen LogP contribution >= 0.6 is 0 Å². The van der Waals surface area contributed by atoms with Crippen molar-refractivity contribution in [1.82, 2.24) is 4.90 Å². The first-order valence-corrected chi connectivity index (χ1v) is 11.1. The highest BCUT2D eigenvalue weighted by Gasteiger charge is 2.38. The molecule has 2 aromatic carbocycles. The van der Waals surface area contributed by atoms with Gasteiger partial charge in [0.2, 0.25) is 0 Å². The van der Waals surface area contributed by atoms with Crippen LogP contribution in [0.4, 0.5) is 0 Å². The SMILES string of the molecule is CC(=O)c1c(C)cc(C)c(COC(=O)c2ccc3c(c2)C(=O)N(CC2CCCO2)C3=O)c1C. The normalized spacial score (nSPS) is 17.5. The number of rotatable bonds is 6. The lowest BCUT2D eigenvalue weighted by Gasteiger charge is -2.17. The van der Waals surface area contributed by atoms with Gasteiger partial charge in [-0.15, -0.1) is 0 Å². The van der Waals surface area contributed by atoms with Crippen LogP contribution in [-0.4, -0.2) is 47.7 Å². The predicted octanol–water partition coefficient (Wildman–Crippen LogP) is 3.95. The monoisotopic (exact) mass is 449 g/mol. The fourth-order valence-electron chi connectivity index (χ4n) is 4.79. The Morgan fingerprint density at radius 1 is 1.06 bits per heavy atom. The highest BCUT2D eigenvalue weighted by Crippen LogP contribution is 2.27. The van der Waals surface area contributed by atoms with Crippen LogP contribution in [0.15, 0.2) is 24.3 Å². The van der Waals surface area contributed by atoms with Gasteiger partial charge in [-0.25, -0.2) is 4.79 Å². The van der Waals surface area contributed by atoms with Crippen molar-refractivity contribution in [3.63, 3.8) is 0 Å². The van der Waals surface area contributed by atoms with E-state index in [4.69, 9.17) is 9.47 Å². The Bertz CT molecular complexity index is 1180. The zero-order chi connectivity index (χ0) is 23.9. The van der Waals surface area contributed by atoms with E-state index in [1.165, 1.54) is 30.0 Å². The zero-order valence-corrected chi connectivity index (χ0v) is 19.3. The highest BCUT2D eigenvalue weighted by atomic mass is 16.5. The van der Waals surface area contributed by atoms with Crippen LogP contribution in [0.3, 0.4) is 0 Å². The van der Waals surface area contributed by atoms with Gasteiger partial charge in [-0.1, -0.05) is 6.07 Å². The number of ketones is 1. The van der Waals surface area contributed by atoms with E-state index in [1.54, 1.807) is 0 Å². The molecule has 0 aliphatic carbocycles. The van der Waals surface area contributed by atoms with Crippen LogP contribution in [0.25, 0.3) is 0 Å². The van der Waals surface area contributed by atoms with E-state index in [0.717, 1.165) is 35.1 Å². The number of aryl methyl sites for hydroxylation is 2. The molecular weight excluding hydrogens is 422 g/mol. The number of amides is 2. The maximum atomic E-state index is 12.8. The molecular formula is C26H27NO6. The molecule has 1 unspecified atom stereocenters. The van der Waals surface area contributed by atoms with Crippen molar-refractivity contribution in [2.75, 3.05) is 13.2 Å². The van der Waals surface area contributed by atoms with E-state index in [-0.39, 0.29) is 47.6 Å². The summed E-state index contributed by atoms with van der Waals surface area (Å²) in [7, 11) is 0. The molecule has 2 heterocycles. The Morgan fingerprint density at radius 3 is 2.45 bits per heavy atom. The van der Waals surface area contributed by atoms with Gasteiger partial charge in [0.15, 0.2) is 5.78 Å². The minimum atomic E-state index is -0.598. The summed E-state index contributed by atoms with van der Waals surface area (Å²) in [6.45, 7) is 8.03. The number of carbonyl (C=O) groups excluding carboxylic acids is 4. The molecule has 0 N–H and O–H groups in total. The Hall–Kier alpha value is -3.32. The maximum absolute atomic E-state index is 12.8. The molecule has 1 atom stereocenters. The van der Waals surface area contributed by atoms with Gasteiger partial charge in [0, 0.05) is 12.2 Å². The third-order valence-electron chi connectivity index (χ3n) is 6.45. The summed E-state index contributed by atoms with van der Waals surface area (Å²) in [5.74, 6) is -1.42. The Labute approximate surface area is 192 Å². The fraction of sp³-hybridized carbons (Fsp3) is 0.385. The molecule has 1 fully saturated rings. The molecule has 7 heteroatoms. The number of fused-ring (bicyclic) bond motifs is 1. The smallest absolute Gasteiger partial charge is 0.338 e. The van der Waals surface area contributed by atoms with Crippen molar-refractivity contribution < 1.29 is 28.7 Å². The van der Waals surface area contributed by atoms with Crippen molar-refractivity contribution >= 4 is 23.6 Å². The molecule has 0 bridgehead atoms. The number of ether oxygens (including phenoxy) is 2. The zero-order valence-electron chi connectivity index (χ0n) is 19.3. The summed E-state index contributed by atoms with van der Waals surface area (Å²) < 4.78 is 11.1. The van der Waals surface area contributed by atoms with Crippen LogP contribution in [-0.2, 0) is 16.1 Å². The van der Waals surface area contributed by atoms with E-state index < -0.39 is 11.9 Å².